The SMILES string of the molecule is COc1ccc(C(C)NC(=O)CCCn2cnnn2)cc1F. The molecule has 0 fully saturated rings. The van der Waals surface area contributed by atoms with Crippen molar-refractivity contribution in [1.29, 1.82) is 0 Å². The molecule has 1 amide bonds. The van der Waals surface area contributed by atoms with Gasteiger partial charge in [0.15, 0.2) is 11.6 Å². The summed E-state index contributed by atoms with van der Waals surface area (Å²) in [4.78, 5) is 11.9. The number of halogens is 1. The van der Waals surface area contributed by atoms with Gasteiger partial charge in [0.25, 0.3) is 0 Å². The van der Waals surface area contributed by atoms with Crippen molar-refractivity contribution in [3.8, 4) is 5.75 Å². The van der Waals surface area contributed by atoms with E-state index in [4.69, 9.17) is 4.74 Å². The molecular weight excluding hydrogens is 289 g/mol. The smallest absolute Gasteiger partial charge is 0.220 e. The number of rotatable bonds is 7. The molecule has 2 aromatic rings. The van der Waals surface area contributed by atoms with Crippen LogP contribution < -0.4 is 10.1 Å². The van der Waals surface area contributed by atoms with Crippen LogP contribution >= 0.6 is 0 Å². The second-order valence-electron chi connectivity index (χ2n) is 4.86. The third-order valence-corrected chi connectivity index (χ3v) is 3.24. The van der Waals surface area contributed by atoms with E-state index in [2.05, 4.69) is 20.8 Å². The number of ether oxygens (including phenoxy) is 1. The van der Waals surface area contributed by atoms with Crippen molar-refractivity contribution < 1.29 is 13.9 Å². The highest BCUT2D eigenvalue weighted by Crippen LogP contribution is 2.21. The summed E-state index contributed by atoms with van der Waals surface area (Å²) in [7, 11) is 1.41. The number of hydrogen-bond acceptors (Lipinski definition) is 5. The lowest BCUT2D eigenvalue weighted by molar-refractivity contribution is -0.121. The standard InChI is InChI=1S/C14H18FN5O2/c1-10(11-5-6-13(22-2)12(15)8-11)17-14(21)4-3-7-20-9-16-18-19-20/h5-6,8-10H,3-4,7H2,1-2H3,(H,17,21). The van der Waals surface area contributed by atoms with Crippen LogP contribution in [0.1, 0.15) is 31.4 Å². The van der Waals surface area contributed by atoms with Crippen LogP contribution in [0.4, 0.5) is 4.39 Å². The molecule has 1 N–H and O–H groups in total. The van der Waals surface area contributed by atoms with Gasteiger partial charge in [0.1, 0.15) is 6.33 Å². The summed E-state index contributed by atoms with van der Waals surface area (Å²) in [5.74, 6) is -0.361. The predicted molar refractivity (Wildman–Crippen MR) is 76.6 cm³/mol. The lowest BCUT2D eigenvalue weighted by atomic mass is 10.1. The van der Waals surface area contributed by atoms with Gasteiger partial charge in [-0.15, -0.1) is 5.10 Å². The summed E-state index contributed by atoms with van der Waals surface area (Å²) in [5, 5.41) is 13.6. The topological polar surface area (TPSA) is 81.9 Å². The van der Waals surface area contributed by atoms with Gasteiger partial charge in [0, 0.05) is 13.0 Å². The number of aryl methyl sites for hydroxylation is 1. The van der Waals surface area contributed by atoms with E-state index in [1.807, 2.05) is 0 Å². The molecule has 2 rings (SSSR count). The lowest BCUT2D eigenvalue weighted by Gasteiger charge is -2.15. The van der Waals surface area contributed by atoms with E-state index in [1.165, 1.54) is 19.5 Å². The van der Waals surface area contributed by atoms with Crippen LogP contribution in [0.25, 0.3) is 0 Å². The molecule has 22 heavy (non-hydrogen) atoms. The van der Waals surface area contributed by atoms with E-state index in [0.29, 0.717) is 24.9 Å². The highest BCUT2D eigenvalue weighted by molar-refractivity contribution is 5.76. The molecular formula is C14H18FN5O2. The molecule has 1 heterocycles. The summed E-state index contributed by atoms with van der Waals surface area (Å²) < 4.78 is 20.1. The summed E-state index contributed by atoms with van der Waals surface area (Å²) in [6.45, 7) is 2.38. The van der Waals surface area contributed by atoms with E-state index in [9.17, 15) is 9.18 Å². The number of carbonyl (C=O) groups is 1. The van der Waals surface area contributed by atoms with Gasteiger partial charge in [-0.05, 0) is 41.5 Å². The number of nitrogens with zero attached hydrogens (tertiary/aromatic N) is 4. The van der Waals surface area contributed by atoms with Crippen LogP contribution in [0.15, 0.2) is 24.5 Å². The zero-order valence-corrected chi connectivity index (χ0v) is 12.5. The van der Waals surface area contributed by atoms with Gasteiger partial charge in [-0.2, -0.15) is 0 Å². The zero-order chi connectivity index (χ0) is 15.9. The van der Waals surface area contributed by atoms with Crippen molar-refractivity contribution in [2.45, 2.75) is 32.4 Å². The quantitative estimate of drug-likeness (QED) is 0.838. The first kappa shape index (κ1) is 15.9. The number of aromatic nitrogens is 4. The van der Waals surface area contributed by atoms with Gasteiger partial charge in [-0.3, -0.25) is 4.79 Å². The second-order valence-corrected chi connectivity index (χ2v) is 4.86. The van der Waals surface area contributed by atoms with Gasteiger partial charge in [-0.25, -0.2) is 9.07 Å². The maximum atomic E-state index is 13.6. The Hall–Kier alpha value is -2.51. The van der Waals surface area contributed by atoms with Crippen LogP contribution in [0.3, 0.4) is 0 Å². The second kappa shape index (κ2) is 7.48. The van der Waals surface area contributed by atoms with E-state index in [1.54, 1.807) is 23.7 Å². The Kier molecular flexibility index (Phi) is 5.40. The minimum absolute atomic E-state index is 0.100. The van der Waals surface area contributed by atoms with Gasteiger partial charge in [-0.1, -0.05) is 6.07 Å². The molecule has 0 saturated heterocycles. The number of carbonyl (C=O) groups excluding carboxylic acids is 1. The maximum absolute atomic E-state index is 13.6. The third kappa shape index (κ3) is 4.24. The normalized spacial score (nSPS) is 12.0. The number of benzene rings is 1. The molecule has 1 atom stereocenters. The van der Waals surface area contributed by atoms with Crippen molar-refractivity contribution in [2.24, 2.45) is 0 Å². The number of methoxy groups -OCH3 is 1. The molecule has 0 aliphatic rings. The van der Waals surface area contributed by atoms with Crippen molar-refractivity contribution in [3.63, 3.8) is 0 Å². The van der Waals surface area contributed by atoms with Gasteiger partial charge in [0.2, 0.25) is 5.91 Å². The molecule has 0 bridgehead atoms. The van der Waals surface area contributed by atoms with E-state index < -0.39 is 5.82 Å². The Morgan fingerprint density at radius 3 is 2.95 bits per heavy atom. The molecule has 0 saturated carbocycles. The fraction of sp³-hybridized carbons (Fsp3) is 0.429. The van der Waals surface area contributed by atoms with E-state index >= 15 is 0 Å². The molecule has 0 aliphatic heterocycles. The highest BCUT2D eigenvalue weighted by atomic mass is 19.1. The Labute approximate surface area is 127 Å². The molecule has 7 nitrogen and oxygen atoms in total. The maximum Gasteiger partial charge on any atom is 0.220 e. The largest absolute Gasteiger partial charge is 0.494 e. The Morgan fingerprint density at radius 1 is 1.50 bits per heavy atom. The molecule has 1 aromatic heterocycles. The molecule has 0 radical (unpaired) electrons. The van der Waals surface area contributed by atoms with E-state index in [-0.39, 0.29) is 17.7 Å². The van der Waals surface area contributed by atoms with Crippen LogP contribution in [0.2, 0.25) is 0 Å². The third-order valence-electron chi connectivity index (χ3n) is 3.24. The van der Waals surface area contributed by atoms with Crippen LogP contribution in [-0.4, -0.2) is 33.2 Å². The molecule has 8 heteroatoms. The molecule has 0 aliphatic carbocycles. The van der Waals surface area contributed by atoms with Crippen molar-refractivity contribution in [3.05, 3.63) is 35.9 Å². The monoisotopic (exact) mass is 307 g/mol. The Morgan fingerprint density at radius 2 is 2.32 bits per heavy atom. The first-order chi connectivity index (χ1) is 10.6. The molecule has 118 valence electrons. The number of nitrogens with one attached hydrogen (secondary N) is 1. The summed E-state index contributed by atoms with van der Waals surface area (Å²) in [5.41, 5.74) is 0.687. The summed E-state index contributed by atoms with van der Waals surface area (Å²) in [6, 6.07) is 4.37. The minimum Gasteiger partial charge on any atom is -0.494 e. The molecule has 1 unspecified atom stereocenters. The van der Waals surface area contributed by atoms with E-state index in [0.717, 1.165) is 0 Å². The average Bonchev–Trinajstić information content (AvgIpc) is 3.00. The van der Waals surface area contributed by atoms with Crippen molar-refractivity contribution >= 4 is 5.91 Å². The first-order valence-electron chi connectivity index (χ1n) is 6.93. The fourth-order valence-corrected chi connectivity index (χ4v) is 2.03. The Balaban J connectivity index is 1.81. The average molecular weight is 307 g/mol. The zero-order valence-electron chi connectivity index (χ0n) is 12.5. The molecule has 0 spiro atoms. The number of hydrogen-bond donors (Lipinski definition) is 1. The number of tetrazole rings is 1. The van der Waals surface area contributed by atoms with Gasteiger partial charge >= 0.3 is 0 Å². The Bertz CT molecular complexity index is 618. The van der Waals surface area contributed by atoms with Gasteiger partial charge < -0.3 is 10.1 Å². The lowest BCUT2D eigenvalue weighted by Crippen LogP contribution is -2.26. The highest BCUT2D eigenvalue weighted by Gasteiger charge is 2.12. The number of amides is 1. The van der Waals surface area contributed by atoms with Crippen molar-refractivity contribution in [2.75, 3.05) is 7.11 Å². The fourth-order valence-electron chi connectivity index (χ4n) is 2.03. The van der Waals surface area contributed by atoms with Crippen LogP contribution in [0.5, 0.6) is 5.75 Å². The van der Waals surface area contributed by atoms with Crippen molar-refractivity contribution in [1.82, 2.24) is 25.5 Å². The van der Waals surface area contributed by atoms with Gasteiger partial charge in [0.05, 0.1) is 13.2 Å². The summed E-state index contributed by atoms with van der Waals surface area (Å²) in [6.07, 6.45) is 2.48. The first-order valence-corrected chi connectivity index (χ1v) is 6.93. The van der Waals surface area contributed by atoms with Crippen LogP contribution in [-0.2, 0) is 11.3 Å². The summed E-state index contributed by atoms with van der Waals surface area (Å²) >= 11 is 0. The minimum atomic E-state index is -0.445. The predicted octanol–water partition coefficient (Wildman–Crippen LogP) is 1.48. The van der Waals surface area contributed by atoms with Crippen LogP contribution in [0, 0.1) is 5.82 Å². The molecule has 1 aromatic carbocycles.